The lowest BCUT2D eigenvalue weighted by Gasteiger charge is -2.22. The molecule has 1 unspecified atom stereocenters. The molecule has 13 heavy (non-hydrogen) atoms. The maximum Gasteiger partial charge on any atom is 0.123 e. The molecule has 3 rings (SSSR count). The number of nitrogens with one attached hydrogen (secondary N) is 1. The van der Waals surface area contributed by atoms with Crippen molar-refractivity contribution in [2.45, 2.75) is 25.3 Å². The van der Waals surface area contributed by atoms with Crippen LogP contribution in [0.5, 0.6) is 0 Å². The summed E-state index contributed by atoms with van der Waals surface area (Å²) in [5, 5.41) is 3.34. The number of rotatable bonds is 0. The first kappa shape index (κ1) is 7.51. The molecule has 1 aromatic carbocycles. The molecule has 0 radical (unpaired) electrons. The first-order chi connectivity index (χ1) is 6.34. The third-order valence-electron chi connectivity index (χ3n) is 3.19. The summed E-state index contributed by atoms with van der Waals surface area (Å²) in [4.78, 5) is 0. The van der Waals surface area contributed by atoms with Crippen LogP contribution in [0.4, 0.5) is 4.39 Å². The molecule has 2 aliphatic rings. The van der Waals surface area contributed by atoms with Gasteiger partial charge in [-0.1, -0.05) is 0 Å². The number of aryl methyl sites for hydroxylation is 1. The highest BCUT2D eigenvalue weighted by molar-refractivity contribution is 5.43. The van der Waals surface area contributed by atoms with Crippen molar-refractivity contribution < 1.29 is 4.39 Å². The minimum absolute atomic E-state index is 0.0712. The van der Waals surface area contributed by atoms with Gasteiger partial charge in [0.2, 0.25) is 0 Å². The summed E-state index contributed by atoms with van der Waals surface area (Å²) in [5.74, 6) is 0.581. The molecule has 1 nitrogen and oxygen atoms in total. The Kier molecular flexibility index (Phi) is 1.47. The molecule has 1 N–H and O–H groups in total. The second-order valence-electron chi connectivity index (χ2n) is 4.00. The first-order valence-electron chi connectivity index (χ1n) is 4.86. The summed E-state index contributed by atoms with van der Waals surface area (Å²) in [7, 11) is 0. The van der Waals surface area contributed by atoms with Crippen molar-refractivity contribution in [3.63, 3.8) is 0 Å². The van der Waals surface area contributed by atoms with Crippen LogP contribution in [0.2, 0.25) is 0 Å². The van der Waals surface area contributed by atoms with E-state index in [-0.39, 0.29) is 5.82 Å². The van der Waals surface area contributed by atoms with Crippen molar-refractivity contribution in [1.29, 1.82) is 0 Å². The van der Waals surface area contributed by atoms with Crippen LogP contribution in [0.15, 0.2) is 12.1 Å². The van der Waals surface area contributed by atoms with E-state index < -0.39 is 0 Å². The molecular formula is C11H12FN. The molecule has 1 aromatic rings. The molecule has 1 aliphatic carbocycles. The lowest BCUT2D eigenvalue weighted by atomic mass is 9.92. The van der Waals surface area contributed by atoms with Gasteiger partial charge in [0.25, 0.3) is 0 Å². The summed E-state index contributed by atoms with van der Waals surface area (Å²) in [6.07, 6.45) is 2.26. The molecule has 68 valence electrons. The van der Waals surface area contributed by atoms with Crippen molar-refractivity contribution in [3.05, 3.63) is 34.6 Å². The van der Waals surface area contributed by atoms with E-state index in [9.17, 15) is 4.39 Å². The Balaban J connectivity index is 2.23. The fourth-order valence-corrected chi connectivity index (χ4v) is 2.67. The van der Waals surface area contributed by atoms with Crippen LogP contribution in [0.1, 0.15) is 29.0 Å². The predicted octanol–water partition coefficient (Wildman–Crippen LogP) is 1.96. The smallest absolute Gasteiger partial charge is 0.123 e. The van der Waals surface area contributed by atoms with E-state index in [2.05, 4.69) is 5.32 Å². The van der Waals surface area contributed by atoms with Gasteiger partial charge in [0.15, 0.2) is 0 Å². The summed E-state index contributed by atoms with van der Waals surface area (Å²) < 4.78 is 13.1. The van der Waals surface area contributed by atoms with Crippen LogP contribution >= 0.6 is 0 Å². The normalized spacial score (nSPS) is 24.5. The standard InChI is InChI=1S/C11H12FN/c12-10-3-7-1-2-8-5-13-6-9(4-10)11(7)8/h3-4,8,13H,1-2,5-6H2. The van der Waals surface area contributed by atoms with Gasteiger partial charge in [-0.05, 0) is 47.6 Å². The van der Waals surface area contributed by atoms with Crippen LogP contribution in [0.3, 0.4) is 0 Å². The van der Waals surface area contributed by atoms with Gasteiger partial charge in [0, 0.05) is 13.1 Å². The minimum Gasteiger partial charge on any atom is -0.312 e. The van der Waals surface area contributed by atoms with Gasteiger partial charge in [0.05, 0.1) is 0 Å². The Morgan fingerprint density at radius 3 is 3.08 bits per heavy atom. The van der Waals surface area contributed by atoms with E-state index in [0.29, 0.717) is 5.92 Å². The third-order valence-corrected chi connectivity index (χ3v) is 3.19. The van der Waals surface area contributed by atoms with Crippen LogP contribution in [-0.4, -0.2) is 6.54 Å². The lowest BCUT2D eigenvalue weighted by Crippen LogP contribution is -2.26. The quantitative estimate of drug-likeness (QED) is 0.638. The van der Waals surface area contributed by atoms with Crippen LogP contribution < -0.4 is 5.32 Å². The largest absolute Gasteiger partial charge is 0.312 e. The lowest BCUT2D eigenvalue weighted by molar-refractivity contribution is 0.540. The Bertz CT molecular complexity index is 359. The molecule has 0 bridgehead atoms. The zero-order chi connectivity index (χ0) is 8.84. The highest BCUT2D eigenvalue weighted by Crippen LogP contribution is 2.37. The average molecular weight is 177 g/mol. The van der Waals surface area contributed by atoms with Gasteiger partial charge < -0.3 is 5.32 Å². The molecule has 0 saturated carbocycles. The molecule has 0 spiro atoms. The Labute approximate surface area is 77.0 Å². The van der Waals surface area contributed by atoms with E-state index in [1.165, 1.54) is 23.1 Å². The van der Waals surface area contributed by atoms with Gasteiger partial charge >= 0.3 is 0 Å². The van der Waals surface area contributed by atoms with Crippen molar-refractivity contribution >= 4 is 0 Å². The molecule has 1 aliphatic heterocycles. The molecular weight excluding hydrogens is 165 g/mol. The second-order valence-corrected chi connectivity index (χ2v) is 4.00. The number of halogens is 1. The van der Waals surface area contributed by atoms with E-state index in [1.54, 1.807) is 12.1 Å². The Morgan fingerprint density at radius 1 is 1.31 bits per heavy atom. The van der Waals surface area contributed by atoms with Crippen molar-refractivity contribution in [1.82, 2.24) is 5.32 Å². The number of benzene rings is 1. The minimum atomic E-state index is -0.0712. The third kappa shape index (κ3) is 1.02. The van der Waals surface area contributed by atoms with Gasteiger partial charge in [-0.3, -0.25) is 0 Å². The molecule has 0 amide bonds. The Hall–Kier alpha value is -0.890. The monoisotopic (exact) mass is 177 g/mol. The molecule has 2 heteroatoms. The van der Waals surface area contributed by atoms with Gasteiger partial charge in [-0.25, -0.2) is 4.39 Å². The zero-order valence-electron chi connectivity index (χ0n) is 7.44. The highest BCUT2D eigenvalue weighted by Gasteiger charge is 2.28. The van der Waals surface area contributed by atoms with Crippen LogP contribution in [0, 0.1) is 5.82 Å². The average Bonchev–Trinajstić information content (AvgIpc) is 2.50. The summed E-state index contributed by atoms with van der Waals surface area (Å²) in [6.45, 7) is 1.92. The van der Waals surface area contributed by atoms with Crippen molar-refractivity contribution in [2.24, 2.45) is 0 Å². The zero-order valence-corrected chi connectivity index (χ0v) is 7.44. The summed E-state index contributed by atoms with van der Waals surface area (Å²) >= 11 is 0. The van der Waals surface area contributed by atoms with Gasteiger partial charge in [-0.2, -0.15) is 0 Å². The molecule has 1 atom stereocenters. The van der Waals surface area contributed by atoms with Gasteiger partial charge in [0.1, 0.15) is 5.82 Å². The van der Waals surface area contributed by atoms with Crippen LogP contribution in [-0.2, 0) is 13.0 Å². The molecule has 0 aromatic heterocycles. The Morgan fingerprint density at radius 2 is 2.15 bits per heavy atom. The van der Waals surface area contributed by atoms with E-state index in [1.807, 2.05) is 0 Å². The summed E-state index contributed by atoms with van der Waals surface area (Å²) in [6, 6.07) is 3.40. The molecule has 0 fully saturated rings. The predicted molar refractivity (Wildman–Crippen MR) is 49.2 cm³/mol. The molecule has 1 heterocycles. The van der Waals surface area contributed by atoms with Crippen molar-refractivity contribution in [2.75, 3.05) is 6.54 Å². The number of hydrogen-bond acceptors (Lipinski definition) is 1. The van der Waals surface area contributed by atoms with E-state index >= 15 is 0 Å². The van der Waals surface area contributed by atoms with E-state index in [0.717, 1.165) is 19.5 Å². The fourth-order valence-electron chi connectivity index (χ4n) is 2.67. The van der Waals surface area contributed by atoms with Crippen molar-refractivity contribution in [3.8, 4) is 0 Å². The van der Waals surface area contributed by atoms with E-state index in [4.69, 9.17) is 0 Å². The fraction of sp³-hybridized carbons (Fsp3) is 0.455. The first-order valence-corrected chi connectivity index (χ1v) is 4.86. The SMILES string of the molecule is Fc1cc2c3c(c1)CNCC3CC2. The number of hydrogen-bond donors (Lipinski definition) is 1. The van der Waals surface area contributed by atoms with Gasteiger partial charge in [-0.15, -0.1) is 0 Å². The topological polar surface area (TPSA) is 12.0 Å². The summed E-state index contributed by atoms with van der Waals surface area (Å²) in [5.41, 5.74) is 3.88. The molecule has 0 saturated heterocycles. The maximum atomic E-state index is 13.1. The highest BCUT2D eigenvalue weighted by atomic mass is 19.1. The van der Waals surface area contributed by atoms with Crippen LogP contribution in [0.25, 0.3) is 0 Å². The second kappa shape index (κ2) is 2.55. The maximum absolute atomic E-state index is 13.1.